The molecule has 23 heavy (non-hydrogen) atoms. The third-order valence-electron chi connectivity index (χ3n) is 4.87. The highest BCUT2D eigenvalue weighted by Gasteiger charge is 2.44. The Bertz CT molecular complexity index is 722. The van der Waals surface area contributed by atoms with Crippen LogP contribution >= 0.6 is 11.6 Å². The van der Waals surface area contributed by atoms with Crippen LogP contribution in [0.25, 0.3) is 0 Å². The lowest BCUT2D eigenvalue weighted by atomic mass is 9.96. The summed E-state index contributed by atoms with van der Waals surface area (Å²) in [4.78, 5) is 16.5. The number of carbonyl (C=O) groups excluding carboxylic acids is 1. The molecular weight excluding hydrogens is 319 g/mol. The predicted molar refractivity (Wildman–Crippen MR) is 82.7 cm³/mol. The van der Waals surface area contributed by atoms with E-state index in [4.69, 9.17) is 11.6 Å². The van der Waals surface area contributed by atoms with E-state index in [1.165, 1.54) is 18.2 Å². The fourth-order valence-electron chi connectivity index (χ4n) is 3.89. The molecule has 7 heteroatoms. The third-order valence-corrected chi connectivity index (χ3v) is 5.18. The van der Waals surface area contributed by atoms with Gasteiger partial charge in [0, 0.05) is 12.1 Å². The second kappa shape index (κ2) is 5.60. The number of aromatic nitrogens is 3. The number of benzene rings is 1. The fourth-order valence-corrected chi connectivity index (χ4v) is 4.13. The van der Waals surface area contributed by atoms with Crippen molar-refractivity contribution in [3.63, 3.8) is 0 Å². The molecule has 3 heterocycles. The molecule has 0 spiro atoms. The molecule has 0 aliphatic carbocycles. The monoisotopic (exact) mass is 334 g/mol. The van der Waals surface area contributed by atoms with Crippen LogP contribution in [0.3, 0.4) is 0 Å². The van der Waals surface area contributed by atoms with E-state index in [0.29, 0.717) is 5.56 Å². The zero-order valence-corrected chi connectivity index (χ0v) is 13.2. The van der Waals surface area contributed by atoms with Crippen molar-refractivity contribution < 1.29 is 9.18 Å². The molecule has 0 saturated carbocycles. The normalized spacial score (nSPS) is 26.5. The number of halogens is 2. The van der Waals surface area contributed by atoms with Crippen LogP contribution in [-0.4, -0.2) is 37.9 Å². The van der Waals surface area contributed by atoms with E-state index in [0.717, 1.165) is 25.7 Å². The minimum atomic E-state index is -0.432. The van der Waals surface area contributed by atoms with Crippen molar-refractivity contribution in [2.45, 2.75) is 43.8 Å². The van der Waals surface area contributed by atoms with Crippen molar-refractivity contribution in [2.24, 2.45) is 0 Å². The topological polar surface area (TPSA) is 51.0 Å². The number of hydrogen-bond donors (Lipinski definition) is 0. The summed E-state index contributed by atoms with van der Waals surface area (Å²) >= 11 is 6.06. The van der Waals surface area contributed by atoms with Gasteiger partial charge in [-0.05, 0) is 43.9 Å². The summed E-state index contributed by atoms with van der Waals surface area (Å²) in [6.07, 6.45) is 7.00. The summed E-state index contributed by atoms with van der Waals surface area (Å²) in [5.74, 6) is -0.535. The Labute approximate surface area is 138 Å². The minimum absolute atomic E-state index is 0.102. The van der Waals surface area contributed by atoms with Gasteiger partial charge in [-0.25, -0.2) is 4.39 Å². The van der Waals surface area contributed by atoms with Crippen LogP contribution in [0, 0.1) is 5.82 Å². The summed E-state index contributed by atoms with van der Waals surface area (Å²) in [5, 5.41) is 8.63. The zero-order valence-electron chi connectivity index (χ0n) is 12.4. The van der Waals surface area contributed by atoms with E-state index in [1.807, 2.05) is 4.90 Å². The predicted octanol–water partition coefficient (Wildman–Crippen LogP) is 3.08. The largest absolute Gasteiger partial charge is 0.332 e. The summed E-state index contributed by atoms with van der Waals surface area (Å²) in [6, 6.07) is 4.51. The van der Waals surface area contributed by atoms with E-state index < -0.39 is 5.82 Å². The van der Waals surface area contributed by atoms with Gasteiger partial charge in [0.05, 0.1) is 29.0 Å². The average molecular weight is 335 g/mol. The molecule has 0 radical (unpaired) electrons. The molecule has 5 nitrogen and oxygen atoms in total. The Hall–Kier alpha value is -1.95. The molecule has 2 saturated heterocycles. The van der Waals surface area contributed by atoms with Crippen molar-refractivity contribution in [3.05, 3.63) is 47.0 Å². The second-order valence-corrected chi connectivity index (χ2v) is 6.60. The van der Waals surface area contributed by atoms with Gasteiger partial charge >= 0.3 is 0 Å². The van der Waals surface area contributed by atoms with E-state index in [1.54, 1.807) is 17.2 Å². The first kappa shape index (κ1) is 14.6. The SMILES string of the molecule is O=C(c1ccc(F)cc1Cl)N1C2CCC1CC(n1nccn1)C2. The molecule has 2 aliphatic rings. The van der Waals surface area contributed by atoms with Crippen LogP contribution in [0.2, 0.25) is 5.02 Å². The fraction of sp³-hybridized carbons (Fsp3) is 0.438. The van der Waals surface area contributed by atoms with Gasteiger partial charge in [-0.2, -0.15) is 15.0 Å². The van der Waals surface area contributed by atoms with Gasteiger partial charge in [0.1, 0.15) is 5.82 Å². The van der Waals surface area contributed by atoms with Gasteiger partial charge in [-0.1, -0.05) is 11.6 Å². The van der Waals surface area contributed by atoms with E-state index >= 15 is 0 Å². The number of fused-ring (bicyclic) bond motifs is 2. The Kier molecular flexibility index (Phi) is 3.56. The van der Waals surface area contributed by atoms with Crippen LogP contribution in [0.4, 0.5) is 4.39 Å². The third kappa shape index (κ3) is 2.51. The highest BCUT2D eigenvalue weighted by molar-refractivity contribution is 6.33. The first-order valence-corrected chi connectivity index (χ1v) is 8.15. The Morgan fingerprint density at radius 2 is 1.78 bits per heavy atom. The maximum atomic E-state index is 13.2. The van der Waals surface area contributed by atoms with Crippen LogP contribution < -0.4 is 0 Å². The maximum absolute atomic E-state index is 13.2. The average Bonchev–Trinajstić information content (AvgIpc) is 3.13. The molecular formula is C16H16ClFN4O. The molecule has 2 unspecified atom stereocenters. The van der Waals surface area contributed by atoms with Crippen molar-refractivity contribution in [3.8, 4) is 0 Å². The van der Waals surface area contributed by atoms with Crippen LogP contribution in [0.15, 0.2) is 30.6 Å². The van der Waals surface area contributed by atoms with Crippen molar-refractivity contribution in [1.82, 2.24) is 19.9 Å². The first-order valence-electron chi connectivity index (χ1n) is 7.77. The van der Waals surface area contributed by atoms with Crippen LogP contribution in [0.5, 0.6) is 0 Å². The van der Waals surface area contributed by atoms with Gasteiger partial charge in [-0.15, -0.1) is 0 Å². The van der Waals surface area contributed by atoms with Gasteiger partial charge < -0.3 is 4.90 Å². The van der Waals surface area contributed by atoms with Gasteiger partial charge in [0.25, 0.3) is 5.91 Å². The highest BCUT2D eigenvalue weighted by Crippen LogP contribution is 2.41. The lowest BCUT2D eigenvalue weighted by molar-refractivity contribution is 0.0512. The molecule has 2 bridgehead atoms. The Balaban J connectivity index is 1.58. The zero-order chi connectivity index (χ0) is 16.0. The number of amides is 1. The summed E-state index contributed by atoms with van der Waals surface area (Å²) in [5.41, 5.74) is 0.376. The standard InChI is InChI=1S/C16H16ClFN4O/c17-15-7-10(18)1-4-14(15)16(23)21-11-2-3-12(21)9-13(8-11)22-19-5-6-20-22/h1,4-7,11-13H,2-3,8-9H2. The number of hydrogen-bond acceptors (Lipinski definition) is 3. The maximum Gasteiger partial charge on any atom is 0.255 e. The molecule has 1 aromatic heterocycles. The van der Waals surface area contributed by atoms with Crippen molar-refractivity contribution in [1.29, 1.82) is 0 Å². The molecule has 0 N–H and O–H groups in total. The Morgan fingerprint density at radius 3 is 2.39 bits per heavy atom. The molecule has 1 amide bonds. The number of piperidine rings is 1. The van der Waals surface area contributed by atoms with E-state index in [2.05, 4.69) is 10.2 Å². The summed E-state index contributed by atoms with van der Waals surface area (Å²) in [7, 11) is 0. The molecule has 1 aromatic carbocycles. The van der Waals surface area contributed by atoms with Crippen LogP contribution in [-0.2, 0) is 0 Å². The van der Waals surface area contributed by atoms with E-state index in [-0.39, 0.29) is 29.1 Å². The number of carbonyl (C=O) groups is 1. The lowest BCUT2D eigenvalue weighted by Crippen LogP contribution is -2.47. The molecule has 120 valence electrons. The highest BCUT2D eigenvalue weighted by atomic mass is 35.5. The lowest BCUT2D eigenvalue weighted by Gasteiger charge is -2.38. The van der Waals surface area contributed by atoms with Crippen LogP contribution in [0.1, 0.15) is 42.1 Å². The number of rotatable bonds is 2. The van der Waals surface area contributed by atoms with Gasteiger partial charge in [0.2, 0.25) is 0 Å². The molecule has 2 fully saturated rings. The molecule has 2 atom stereocenters. The molecule has 4 rings (SSSR count). The first-order chi connectivity index (χ1) is 11.1. The molecule has 2 aliphatic heterocycles. The number of nitrogens with zero attached hydrogens (tertiary/aromatic N) is 4. The van der Waals surface area contributed by atoms with Crippen molar-refractivity contribution >= 4 is 17.5 Å². The van der Waals surface area contributed by atoms with E-state index in [9.17, 15) is 9.18 Å². The molecule has 2 aromatic rings. The van der Waals surface area contributed by atoms with Gasteiger partial charge in [-0.3, -0.25) is 4.79 Å². The second-order valence-electron chi connectivity index (χ2n) is 6.20. The van der Waals surface area contributed by atoms with Gasteiger partial charge in [0.15, 0.2) is 0 Å². The summed E-state index contributed by atoms with van der Waals surface area (Å²) < 4.78 is 13.2. The van der Waals surface area contributed by atoms with Crippen molar-refractivity contribution in [2.75, 3.05) is 0 Å². The summed E-state index contributed by atoms with van der Waals surface area (Å²) in [6.45, 7) is 0. The minimum Gasteiger partial charge on any atom is -0.332 e. The quantitative estimate of drug-likeness (QED) is 0.848. The smallest absolute Gasteiger partial charge is 0.255 e. The Morgan fingerprint density at radius 1 is 1.13 bits per heavy atom.